The molecule has 0 spiro atoms. The largest absolute Gasteiger partial charge is 0.487 e. The Hall–Kier alpha value is -4.06. The van der Waals surface area contributed by atoms with Crippen LogP contribution in [0.4, 0.5) is 16.4 Å². The zero-order chi connectivity index (χ0) is 20.8. The van der Waals surface area contributed by atoms with E-state index in [2.05, 4.69) is 29.4 Å². The molecular formula is C24H20N2O4. The van der Waals surface area contributed by atoms with E-state index in [4.69, 9.17) is 14.0 Å². The number of nitrogens with zero attached hydrogens (tertiary/aromatic N) is 2. The van der Waals surface area contributed by atoms with Crippen LogP contribution in [0.15, 0.2) is 95.6 Å². The first-order chi connectivity index (χ1) is 14.8. The lowest BCUT2D eigenvalue weighted by Gasteiger charge is -2.20. The molecule has 1 aromatic heterocycles. The van der Waals surface area contributed by atoms with Crippen molar-refractivity contribution in [2.75, 3.05) is 12.0 Å². The molecule has 0 aliphatic heterocycles. The van der Waals surface area contributed by atoms with Gasteiger partial charge in [-0.05, 0) is 28.8 Å². The van der Waals surface area contributed by atoms with Gasteiger partial charge in [0.1, 0.15) is 12.4 Å². The van der Waals surface area contributed by atoms with Gasteiger partial charge >= 0.3 is 6.09 Å². The van der Waals surface area contributed by atoms with Crippen molar-refractivity contribution in [2.45, 2.75) is 6.61 Å². The van der Waals surface area contributed by atoms with Gasteiger partial charge in [-0.2, -0.15) is 0 Å². The van der Waals surface area contributed by atoms with Crippen molar-refractivity contribution < 1.29 is 18.8 Å². The Balaban J connectivity index is 1.54. The molecule has 0 atom stereocenters. The highest BCUT2D eigenvalue weighted by Gasteiger charge is 2.25. The summed E-state index contributed by atoms with van der Waals surface area (Å²) in [5.74, 6) is 0.761. The third-order valence-corrected chi connectivity index (χ3v) is 4.56. The number of anilines is 2. The Morgan fingerprint density at radius 2 is 1.60 bits per heavy atom. The molecule has 30 heavy (non-hydrogen) atoms. The van der Waals surface area contributed by atoms with Gasteiger partial charge in [-0.15, -0.1) is 0 Å². The highest BCUT2D eigenvalue weighted by molar-refractivity contribution is 5.96. The first-order valence-corrected chi connectivity index (χ1v) is 9.41. The van der Waals surface area contributed by atoms with E-state index in [9.17, 15) is 4.79 Å². The summed E-state index contributed by atoms with van der Waals surface area (Å²) in [6, 6.07) is 27.2. The van der Waals surface area contributed by atoms with Crippen LogP contribution in [0.25, 0.3) is 11.1 Å². The number of amides is 1. The maximum Gasteiger partial charge on any atom is 0.421 e. The van der Waals surface area contributed by atoms with E-state index >= 15 is 0 Å². The Morgan fingerprint density at radius 3 is 2.30 bits per heavy atom. The SMILES string of the molecule is COC(=O)N(c1ccno1)c1ccccc1OCc1ccc(-c2ccccc2)cc1. The average Bonchev–Trinajstić information content (AvgIpc) is 3.34. The molecule has 0 bridgehead atoms. The molecule has 4 aromatic rings. The fraction of sp³-hybridized carbons (Fsp3) is 0.0833. The van der Waals surface area contributed by atoms with Gasteiger partial charge in [0, 0.05) is 6.07 Å². The smallest absolute Gasteiger partial charge is 0.421 e. The zero-order valence-electron chi connectivity index (χ0n) is 16.4. The van der Waals surface area contributed by atoms with Crippen molar-refractivity contribution in [3.05, 3.63) is 96.7 Å². The summed E-state index contributed by atoms with van der Waals surface area (Å²) < 4.78 is 16.1. The second kappa shape index (κ2) is 8.96. The predicted octanol–water partition coefficient (Wildman–Crippen LogP) is 5.83. The van der Waals surface area contributed by atoms with Gasteiger partial charge in [0.15, 0.2) is 0 Å². The lowest BCUT2D eigenvalue weighted by atomic mass is 10.0. The molecule has 0 aliphatic rings. The molecule has 0 N–H and O–H groups in total. The molecule has 150 valence electrons. The number of ether oxygens (including phenoxy) is 2. The second-order valence-electron chi connectivity index (χ2n) is 6.48. The van der Waals surface area contributed by atoms with Gasteiger partial charge in [0.2, 0.25) is 5.88 Å². The molecule has 1 heterocycles. The second-order valence-corrected chi connectivity index (χ2v) is 6.48. The van der Waals surface area contributed by atoms with E-state index in [-0.39, 0.29) is 5.88 Å². The van der Waals surface area contributed by atoms with Gasteiger partial charge in [-0.3, -0.25) is 0 Å². The van der Waals surface area contributed by atoms with E-state index in [0.717, 1.165) is 16.7 Å². The van der Waals surface area contributed by atoms with E-state index in [1.54, 1.807) is 18.2 Å². The normalized spacial score (nSPS) is 10.4. The molecule has 0 saturated heterocycles. The standard InChI is InChI=1S/C24H20N2O4/c1-28-24(27)26(23-15-16-25-30-23)21-9-5-6-10-22(21)29-17-18-11-13-20(14-12-18)19-7-3-2-4-8-19/h2-16H,17H2,1H3. The number of aromatic nitrogens is 1. The Kier molecular flexibility index (Phi) is 5.75. The minimum atomic E-state index is -0.602. The summed E-state index contributed by atoms with van der Waals surface area (Å²) in [6.07, 6.45) is 0.860. The predicted molar refractivity (Wildman–Crippen MR) is 114 cm³/mol. The lowest BCUT2D eigenvalue weighted by molar-refractivity contribution is 0.179. The fourth-order valence-corrected chi connectivity index (χ4v) is 3.07. The number of benzene rings is 3. The van der Waals surface area contributed by atoms with Crippen LogP contribution >= 0.6 is 0 Å². The lowest BCUT2D eigenvalue weighted by Crippen LogP contribution is -2.25. The molecule has 0 saturated carbocycles. The average molecular weight is 400 g/mol. The number of rotatable bonds is 6. The molecule has 0 unspecified atom stereocenters. The molecule has 1 amide bonds. The summed E-state index contributed by atoms with van der Waals surface area (Å²) in [6.45, 7) is 0.345. The zero-order valence-corrected chi connectivity index (χ0v) is 16.4. The van der Waals surface area contributed by atoms with E-state index in [1.807, 2.05) is 42.5 Å². The molecule has 6 nitrogen and oxygen atoms in total. The minimum Gasteiger partial charge on any atom is -0.487 e. The highest BCUT2D eigenvalue weighted by Crippen LogP contribution is 2.34. The van der Waals surface area contributed by atoms with Crippen molar-refractivity contribution in [1.82, 2.24) is 5.16 Å². The van der Waals surface area contributed by atoms with Gasteiger partial charge in [-0.25, -0.2) is 9.69 Å². The molecule has 6 heteroatoms. The van der Waals surface area contributed by atoms with Crippen LogP contribution in [0.5, 0.6) is 5.75 Å². The Labute approximate surface area is 174 Å². The first-order valence-electron chi connectivity index (χ1n) is 9.41. The maximum atomic E-state index is 12.4. The highest BCUT2D eigenvalue weighted by atomic mass is 16.6. The van der Waals surface area contributed by atoms with Gasteiger partial charge < -0.3 is 14.0 Å². The third-order valence-electron chi connectivity index (χ3n) is 4.56. The summed E-state index contributed by atoms with van der Waals surface area (Å²) in [7, 11) is 1.31. The maximum absolute atomic E-state index is 12.4. The van der Waals surface area contributed by atoms with Crippen LogP contribution < -0.4 is 9.64 Å². The molecule has 3 aromatic carbocycles. The first kappa shape index (κ1) is 19.3. The topological polar surface area (TPSA) is 64.8 Å². The van der Waals surface area contributed by atoms with Crippen molar-refractivity contribution in [2.24, 2.45) is 0 Å². The Bertz CT molecular complexity index is 1090. The van der Waals surface area contributed by atoms with Crippen molar-refractivity contribution in [3.63, 3.8) is 0 Å². The quantitative estimate of drug-likeness (QED) is 0.408. The van der Waals surface area contributed by atoms with Gasteiger partial charge in [-0.1, -0.05) is 71.9 Å². The summed E-state index contributed by atoms with van der Waals surface area (Å²) in [4.78, 5) is 13.6. The number of carbonyl (C=O) groups excluding carboxylic acids is 1. The van der Waals surface area contributed by atoms with Crippen LogP contribution in [0.3, 0.4) is 0 Å². The molecule has 0 aliphatic carbocycles. The number of para-hydroxylation sites is 2. The number of hydrogen-bond donors (Lipinski definition) is 0. The summed E-state index contributed by atoms with van der Waals surface area (Å²) in [5.41, 5.74) is 3.81. The molecular weight excluding hydrogens is 380 g/mol. The number of carbonyl (C=O) groups is 1. The van der Waals surface area contributed by atoms with Gasteiger partial charge in [0.25, 0.3) is 0 Å². The number of hydrogen-bond acceptors (Lipinski definition) is 5. The van der Waals surface area contributed by atoms with Crippen LogP contribution in [0.1, 0.15) is 5.56 Å². The van der Waals surface area contributed by atoms with Crippen LogP contribution in [0.2, 0.25) is 0 Å². The van der Waals surface area contributed by atoms with E-state index < -0.39 is 6.09 Å². The van der Waals surface area contributed by atoms with E-state index in [0.29, 0.717) is 18.0 Å². The molecule has 0 fully saturated rings. The fourth-order valence-electron chi connectivity index (χ4n) is 3.07. The summed E-state index contributed by atoms with van der Waals surface area (Å²) in [5, 5.41) is 3.68. The number of methoxy groups -OCH3 is 1. The minimum absolute atomic E-state index is 0.241. The Morgan fingerprint density at radius 1 is 0.900 bits per heavy atom. The van der Waals surface area contributed by atoms with Crippen molar-refractivity contribution in [1.29, 1.82) is 0 Å². The van der Waals surface area contributed by atoms with Crippen LogP contribution in [-0.2, 0) is 11.3 Å². The molecule has 4 rings (SSSR count). The third kappa shape index (κ3) is 4.17. The summed E-state index contributed by atoms with van der Waals surface area (Å²) >= 11 is 0. The van der Waals surface area contributed by atoms with Gasteiger partial charge in [0.05, 0.1) is 19.0 Å². The molecule has 0 radical (unpaired) electrons. The van der Waals surface area contributed by atoms with Crippen LogP contribution in [0, 0.1) is 0 Å². The monoisotopic (exact) mass is 400 g/mol. The van der Waals surface area contributed by atoms with Crippen LogP contribution in [-0.4, -0.2) is 18.4 Å². The van der Waals surface area contributed by atoms with Crippen molar-refractivity contribution in [3.8, 4) is 16.9 Å². The van der Waals surface area contributed by atoms with Crippen molar-refractivity contribution >= 4 is 17.7 Å². The van der Waals surface area contributed by atoms with E-state index in [1.165, 1.54) is 18.2 Å².